The van der Waals surface area contributed by atoms with E-state index in [1.54, 1.807) is 6.07 Å². The number of nitrogens with two attached hydrogens (primary N) is 1. The molecule has 3 heteroatoms. The van der Waals surface area contributed by atoms with Gasteiger partial charge in [-0.25, -0.2) is 0 Å². The molecular weight excluding hydrogens is 226 g/mol. The lowest BCUT2D eigenvalue weighted by atomic mass is 9.90. The van der Waals surface area contributed by atoms with Gasteiger partial charge in [0.1, 0.15) is 5.75 Å². The minimum absolute atomic E-state index is 0.0955. The Kier molecular flexibility index (Phi) is 5.86. The van der Waals surface area contributed by atoms with Crippen LogP contribution in [0.4, 0.5) is 0 Å². The number of rotatable bonds is 7. The molecule has 2 N–H and O–H groups in total. The minimum atomic E-state index is -0.0955. The zero-order valence-corrected chi connectivity index (χ0v) is 11.5. The van der Waals surface area contributed by atoms with Gasteiger partial charge >= 0.3 is 0 Å². The van der Waals surface area contributed by atoms with Gasteiger partial charge in [0, 0.05) is 18.0 Å². The molecule has 0 fully saturated rings. The number of carbonyl (C=O) groups is 1. The van der Waals surface area contributed by atoms with E-state index in [-0.39, 0.29) is 11.7 Å². The van der Waals surface area contributed by atoms with Crippen molar-refractivity contribution in [1.29, 1.82) is 0 Å². The average molecular weight is 249 g/mol. The molecule has 1 atom stereocenters. The van der Waals surface area contributed by atoms with Crippen molar-refractivity contribution >= 4 is 5.78 Å². The van der Waals surface area contributed by atoms with Crippen molar-refractivity contribution in [3.05, 3.63) is 29.8 Å². The van der Waals surface area contributed by atoms with Crippen molar-refractivity contribution in [1.82, 2.24) is 0 Å². The smallest absolute Gasteiger partial charge is 0.167 e. The number of ketones is 1. The Bertz CT molecular complexity index is 388. The molecule has 0 heterocycles. The summed E-state index contributed by atoms with van der Waals surface area (Å²) in [6.45, 7) is 7.13. The molecule has 0 aromatic heterocycles. The molecule has 1 unspecified atom stereocenters. The highest BCUT2D eigenvalue weighted by Gasteiger charge is 2.20. The van der Waals surface area contributed by atoms with Crippen molar-refractivity contribution in [3.8, 4) is 5.75 Å². The van der Waals surface area contributed by atoms with Crippen LogP contribution in [-0.2, 0) is 0 Å². The number of hydrogen-bond donors (Lipinski definition) is 1. The second kappa shape index (κ2) is 7.17. The zero-order chi connectivity index (χ0) is 13.5. The Morgan fingerprint density at radius 1 is 1.39 bits per heavy atom. The fourth-order valence-corrected chi connectivity index (χ4v) is 2.02. The zero-order valence-electron chi connectivity index (χ0n) is 11.5. The topological polar surface area (TPSA) is 52.3 Å². The molecule has 18 heavy (non-hydrogen) atoms. The number of Topliss-reactive ketones (excluding diaryl/α,β-unsaturated/α-hetero) is 1. The molecule has 0 amide bonds. The van der Waals surface area contributed by atoms with Gasteiger partial charge in [-0.2, -0.15) is 0 Å². The quantitative estimate of drug-likeness (QED) is 0.756. The molecule has 3 nitrogen and oxygen atoms in total. The summed E-state index contributed by atoms with van der Waals surface area (Å²) in [7, 11) is 0. The standard InChI is InChI=1S/C15H23NO2/c1-4-18-14-7-5-6-12(9-14)15(17)13(10-16)8-11(2)3/h5-7,9,11,13H,4,8,10,16H2,1-3H3. The van der Waals surface area contributed by atoms with Gasteiger partial charge in [0.2, 0.25) is 0 Å². The molecule has 1 aromatic rings. The normalized spacial score (nSPS) is 12.5. The third kappa shape index (κ3) is 4.15. The summed E-state index contributed by atoms with van der Waals surface area (Å²) >= 11 is 0. The van der Waals surface area contributed by atoms with E-state index in [4.69, 9.17) is 10.5 Å². The Labute approximate surface area is 109 Å². The summed E-state index contributed by atoms with van der Waals surface area (Å²) in [4.78, 5) is 12.3. The van der Waals surface area contributed by atoms with Crippen molar-refractivity contribution in [3.63, 3.8) is 0 Å². The minimum Gasteiger partial charge on any atom is -0.494 e. The fourth-order valence-electron chi connectivity index (χ4n) is 2.02. The van der Waals surface area contributed by atoms with Gasteiger partial charge in [-0.15, -0.1) is 0 Å². The molecule has 0 aliphatic heterocycles. The van der Waals surface area contributed by atoms with Crippen LogP contribution in [0.5, 0.6) is 5.75 Å². The molecule has 0 bridgehead atoms. The van der Waals surface area contributed by atoms with E-state index in [1.807, 2.05) is 25.1 Å². The summed E-state index contributed by atoms with van der Waals surface area (Å²) in [5.74, 6) is 1.23. The summed E-state index contributed by atoms with van der Waals surface area (Å²) in [6.07, 6.45) is 0.828. The van der Waals surface area contributed by atoms with Crippen LogP contribution in [0.1, 0.15) is 37.6 Å². The first kappa shape index (κ1) is 14.7. The molecule has 100 valence electrons. The number of carbonyl (C=O) groups excluding carboxylic acids is 1. The summed E-state index contributed by atoms with van der Waals surface area (Å²) < 4.78 is 5.41. The SMILES string of the molecule is CCOc1cccc(C(=O)C(CN)CC(C)C)c1. The maximum atomic E-state index is 12.3. The van der Waals surface area contributed by atoms with Gasteiger partial charge < -0.3 is 10.5 Å². The average Bonchev–Trinajstić information content (AvgIpc) is 2.35. The number of hydrogen-bond acceptors (Lipinski definition) is 3. The number of ether oxygens (including phenoxy) is 1. The molecule has 1 aromatic carbocycles. The van der Waals surface area contributed by atoms with Crippen LogP contribution in [0, 0.1) is 11.8 Å². The lowest BCUT2D eigenvalue weighted by Gasteiger charge is -2.16. The first-order valence-corrected chi connectivity index (χ1v) is 6.55. The van der Waals surface area contributed by atoms with Crippen molar-refractivity contribution < 1.29 is 9.53 Å². The van der Waals surface area contributed by atoms with Crippen LogP contribution in [0.2, 0.25) is 0 Å². The van der Waals surface area contributed by atoms with Crippen LogP contribution in [-0.4, -0.2) is 18.9 Å². The van der Waals surface area contributed by atoms with Gasteiger partial charge in [-0.1, -0.05) is 26.0 Å². The maximum absolute atomic E-state index is 12.3. The van der Waals surface area contributed by atoms with Gasteiger partial charge in [0.05, 0.1) is 6.61 Å². The van der Waals surface area contributed by atoms with Gasteiger partial charge in [0.15, 0.2) is 5.78 Å². The molecule has 0 saturated carbocycles. The van der Waals surface area contributed by atoms with Crippen molar-refractivity contribution in [2.24, 2.45) is 17.6 Å². The molecule has 0 aliphatic carbocycles. The molecule has 1 rings (SSSR count). The molecule has 0 saturated heterocycles. The van der Waals surface area contributed by atoms with Crippen molar-refractivity contribution in [2.45, 2.75) is 27.2 Å². The van der Waals surface area contributed by atoms with E-state index in [9.17, 15) is 4.79 Å². The molecule has 0 aliphatic rings. The Morgan fingerprint density at radius 3 is 2.67 bits per heavy atom. The molecular formula is C15H23NO2. The first-order chi connectivity index (χ1) is 8.58. The largest absolute Gasteiger partial charge is 0.494 e. The second-order valence-corrected chi connectivity index (χ2v) is 4.89. The van der Waals surface area contributed by atoms with Crippen LogP contribution < -0.4 is 10.5 Å². The van der Waals surface area contributed by atoms with E-state index < -0.39 is 0 Å². The van der Waals surface area contributed by atoms with E-state index in [2.05, 4.69) is 13.8 Å². The third-order valence-corrected chi connectivity index (χ3v) is 2.84. The first-order valence-electron chi connectivity index (χ1n) is 6.55. The Balaban J connectivity index is 2.84. The van der Waals surface area contributed by atoms with Crippen LogP contribution in [0.3, 0.4) is 0 Å². The van der Waals surface area contributed by atoms with Gasteiger partial charge in [0.25, 0.3) is 0 Å². The second-order valence-electron chi connectivity index (χ2n) is 4.89. The predicted molar refractivity (Wildman–Crippen MR) is 73.9 cm³/mol. The number of benzene rings is 1. The lowest BCUT2D eigenvalue weighted by Crippen LogP contribution is -2.25. The predicted octanol–water partition coefficient (Wildman–Crippen LogP) is 2.89. The summed E-state index contributed by atoms with van der Waals surface area (Å²) in [5.41, 5.74) is 6.40. The summed E-state index contributed by atoms with van der Waals surface area (Å²) in [5, 5.41) is 0. The Hall–Kier alpha value is -1.35. The molecule has 0 radical (unpaired) electrons. The van der Waals surface area contributed by atoms with Gasteiger partial charge in [-0.3, -0.25) is 4.79 Å². The van der Waals surface area contributed by atoms with E-state index in [0.29, 0.717) is 24.6 Å². The van der Waals surface area contributed by atoms with Crippen LogP contribution in [0.15, 0.2) is 24.3 Å². The van der Waals surface area contributed by atoms with Crippen LogP contribution in [0.25, 0.3) is 0 Å². The van der Waals surface area contributed by atoms with Gasteiger partial charge in [-0.05, 0) is 31.4 Å². The van der Waals surface area contributed by atoms with Crippen LogP contribution >= 0.6 is 0 Å². The monoisotopic (exact) mass is 249 g/mol. The third-order valence-electron chi connectivity index (χ3n) is 2.84. The highest BCUT2D eigenvalue weighted by atomic mass is 16.5. The molecule has 0 spiro atoms. The lowest BCUT2D eigenvalue weighted by molar-refractivity contribution is 0.0908. The summed E-state index contributed by atoms with van der Waals surface area (Å²) in [6, 6.07) is 7.34. The fraction of sp³-hybridized carbons (Fsp3) is 0.533. The van der Waals surface area contributed by atoms with Crippen molar-refractivity contribution in [2.75, 3.05) is 13.2 Å². The van der Waals surface area contributed by atoms with E-state index in [1.165, 1.54) is 0 Å². The maximum Gasteiger partial charge on any atom is 0.167 e. The van der Waals surface area contributed by atoms with E-state index in [0.717, 1.165) is 12.2 Å². The van der Waals surface area contributed by atoms with E-state index >= 15 is 0 Å². The Morgan fingerprint density at radius 2 is 2.11 bits per heavy atom. The highest BCUT2D eigenvalue weighted by Crippen LogP contribution is 2.20. The highest BCUT2D eigenvalue weighted by molar-refractivity contribution is 5.98.